The van der Waals surface area contributed by atoms with Gasteiger partial charge in [-0.3, -0.25) is 0 Å². The summed E-state index contributed by atoms with van der Waals surface area (Å²) in [7, 11) is 0. The van der Waals surface area contributed by atoms with Gasteiger partial charge in [-0.2, -0.15) is 0 Å². The molecule has 0 aliphatic rings. The summed E-state index contributed by atoms with van der Waals surface area (Å²) in [5, 5.41) is 3.87. The average molecular weight is 244 g/mol. The highest BCUT2D eigenvalue weighted by molar-refractivity contribution is 6.36. The fraction of sp³-hybridized carbons (Fsp3) is 0.333. The van der Waals surface area contributed by atoms with E-state index in [1.165, 1.54) is 16.7 Å². The van der Waals surface area contributed by atoms with Crippen molar-refractivity contribution >= 4 is 23.2 Å². The maximum absolute atomic E-state index is 5.77. The number of rotatable bonds is 5. The Hall–Kier alpha value is -0.500. The highest BCUT2D eigenvalue weighted by Crippen LogP contribution is 2.09. The molecule has 1 rings (SSSR count). The molecule has 0 aliphatic carbocycles. The van der Waals surface area contributed by atoms with E-state index in [1.807, 2.05) is 0 Å². The predicted octanol–water partition coefficient (Wildman–Crippen LogP) is 3.66. The average Bonchev–Trinajstić information content (AvgIpc) is 2.29. The van der Waals surface area contributed by atoms with Gasteiger partial charge in [0.25, 0.3) is 0 Å². The molecule has 1 aromatic rings. The van der Waals surface area contributed by atoms with Crippen molar-refractivity contribution in [2.45, 2.75) is 19.9 Å². The lowest BCUT2D eigenvalue weighted by molar-refractivity contribution is 0.747. The highest BCUT2D eigenvalue weighted by Gasteiger charge is 1.99. The van der Waals surface area contributed by atoms with Crippen molar-refractivity contribution in [1.82, 2.24) is 5.32 Å². The number of hydrogen-bond acceptors (Lipinski definition) is 1. The second kappa shape index (κ2) is 6.89. The molecule has 82 valence electrons. The summed E-state index contributed by atoms with van der Waals surface area (Å²) >= 11 is 11.2. The van der Waals surface area contributed by atoms with Gasteiger partial charge in [-0.15, -0.1) is 0 Å². The van der Waals surface area contributed by atoms with Crippen molar-refractivity contribution < 1.29 is 0 Å². The summed E-state index contributed by atoms with van der Waals surface area (Å²) in [6.45, 7) is 3.60. The maximum atomic E-state index is 5.77. The van der Waals surface area contributed by atoms with Crippen LogP contribution in [0.2, 0.25) is 0 Å². The van der Waals surface area contributed by atoms with Gasteiger partial charge >= 0.3 is 0 Å². The number of hydrogen-bond donors (Lipinski definition) is 1. The summed E-state index contributed by atoms with van der Waals surface area (Å²) < 4.78 is 0. The smallest absolute Gasteiger partial charge is 0.0432 e. The van der Waals surface area contributed by atoms with Crippen LogP contribution in [0, 0.1) is 0 Å². The first-order valence-electron chi connectivity index (χ1n) is 5.00. The van der Waals surface area contributed by atoms with Crippen LogP contribution in [0.4, 0.5) is 0 Å². The molecular formula is C12H15Cl2N. The Morgan fingerprint density at radius 3 is 2.60 bits per heavy atom. The normalized spacial score (nSPS) is 11.8. The van der Waals surface area contributed by atoms with Crippen LogP contribution in [-0.4, -0.2) is 6.54 Å². The summed E-state index contributed by atoms with van der Waals surface area (Å²) in [6, 6.07) is 8.39. The molecule has 0 fully saturated rings. The van der Waals surface area contributed by atoms with Gasteiger partial charge in [-0.1, -0.05) is 54.4 Å². The van der Waals surface area contributed by atoms with Crippen LogP contribution in [-0.2, 0) is 13.0 Å². The molecule has 0 amide bonds. The van der Waals surface area contributed by atoms with Crippen LogP contribution in [0.15, 0.2) is 34.8 Å². The number of aryl methyl sites for hydroxylation is 1. The first-order valence-corrected chi connectivity index (χ1v) is 5.81. The third-order valence-electron chi connectivity index (χ3n) is 2.23. The molecule has 0 radical (unpaired) electrons. The summed E-state index contributed by atoms with van der Waals surface area (Å²) in [5.41, 5.74) is 4.08. The van der Waals surface area contributed by atoms with Gasteiger partial charge in [0.1, 0.15) is 0 Å². The van der Waals surface area contributed by atoms with Crippen molar-refractivity contribution in [2.75, 3.05) is 6.54 Å². The van der Waals surface area contributed by atoms with Crippen molar-refractivity contribution in [3.05, 3.63) is 46.0 Å². The fourth-order valence-corrected chi connectivity index (χ4v) is 1.60. The van der Waals surface area contributed by atoms with Gasteiger partial charge in [0.15, 0.2) is 0 Å². The number of halogens is 2. The van der Waals surface area contributed by atoms with Gasteiger partial charge in [0.05, 0.1) is 0 Å². The molecule has 0 spiro atoms. The molecule has 1 aromatic carbocycles. The van der Waals surface area contributed by atoms with E-state index in [0.29, 0.717) is 11.6 Å². The van der Waals surface area contributed by atoms with Crippen LogP contribution < -0.4 is 5.32 Å². The van der Waals surface area contributed by atoms with E-state index in [-0.39, 0.29) is 0 Å². The molecular weight excluding hydrogens is 229 g/mol. The first-order chi connectivity index (χ1) is 7.27. The zero-order valence-corrected chi connectivity index (χ0v) is 10.3. The van der Waals surface area contributed by atoms with Crippen molar-refractivity contribution in [1.29, 1.82) is 0 Å². The van der Waals surface area contributed by atoms with E-state index in [4.69, 9.17) is 23.2 Å². The van der Waals surface area contributed by atoms with Crippen LogP contribution in [0.3, 0.4) is 0 Å². The predicted molar refractivity (Wildman–Crippen MR) is 67.3 cm³/mol. The molecule has 1 N–H and O–H groups in total. The van der Waals surface area contributed by atoms with Gasteiger partial charge in [0, 0.05) is 23.7 Å². The SMILES string of the molecule is CCc1ccccc1CNCC(Cl)=CCl. The second-order valence-corrected chi connectivity index (χ2v) is 3.99. The van der Waals surface area contributed by atoms with Crippen LogP contribution >= 0.6 is 23.2 Å². The van der Waals surface area contributed by atoms with Gasteiger partial charge in [-0.05, 0) is 17.5 Å². The Balaban J connectivity index is 2.50. The van der Waals surface area contributed by atoms with Gasteiger partial charge in [0.2, 0.25) is 0 Å². The molecule has 0 atom stereocenters. The zero-order chi connectivity index (χ0) is 11.1. The molecule has 15 heavy (non-hydrogen) atoms. The fourth-order valence-electron chi connectivity index (χ4n) is 1.43. The summed E-state index contributed by atoms with van der Waals surface area (Å²) in [5.74, 6) is 0. The van der Waals surface area contributed by atoms with Crippen molar-refractivity contribution in [3.8, 4) is 0 Å². The third-order valence-corrected chi connectivity index (χ3v) is 2.84. The number of nitrogens with one attached hydrogen (secondary N) is 1. The monoisotopic (exact) mass is 243 g/mol. The minimum absolute atomic E-state index is 0.614. The molecule has 1 nitrogen and oxygen atoms in total. The van der Waals surface area contributed by atoms with Crippen molar-refractivity contribution in [2.24, 2.45) is 0 Å². The minimum Gasteiger partial charge on any atom is -0.308 e. The quantitative estimate of drug-likeness (QED) is 0.833. The Labute approximate surface area is 101 Å². The Morgan fingerprint density at radius 2 is 2.00 bits per heavy atom. The van der Waals surface area contributed by atoms with Crippen molar-refractivity contribution in [3.63, 3.8) is 0 Å². The third kappa shape index (κ3) is 4.25. The maximum Gasteiger partial charge on any atom is 0.0432 e. The van der Waals surface area contributed by atoms with E-state index in [9.17, 15) is 0 Å². The Kier molecular flexibility index (Phi) is 5.77. The molecule has 0 saturated heterocycles. The molecule has 0 aliphatic heterocycles. The number of benzene rings is 1. The topological polar surface area (TPSA) is 12.0 Å². The van der Waals surface area contributed by atoms with E-state index < -0.39 is 0 Å². The molecule has 0 bridgehead atoms. The minimum atomic E-state index is 0.614. The second-order valence-electron chi connectivity index (χ2n) is 3.28. The molecule has 3 heteroatoms. The van der Waals surface area contributed by atoms with Crippen LogP contribution in [0.5, 0.6) is 0 Å². The van der Waals surface area contributed by atoms with Crippen LogP contribution in [0.1, 0.15) is 18.1 Å². The lowest BCUT2D eigenvalue weighted by Gasteiger charge is -2.08. The van der Waals surface area contributed by atoms with Crippen LogP contribution in [0.25, 0.3) is 0 Å². The summed E-state index contributed by atoms with van der Waals surface area (Å²) in [4.78, 5) is 0. The summed E-state index contributed by atoms with van der Waals surface area (Å²) in [6.07, 6.45) is 1.05. The van der Waals surface area contributed by atoms with E-state index in [0.717, 1.165) is 13.0 Å². The molecule has 0 aromatic heterocycles. The standard InChI is InChI=1S/C12H15Cl2N/c1-2-10-5-3-4-6-11(10)8-15-9-12(14)7-13/h3-7,15H,2,8-9H2,1H3. The van der Waals surface area contributed by atoms with E-state index in [1.54, 1.807) is 0 Å². The van der Waals surface area contributed by atoms with Gasteiger partial charge in [-0.25, -0.2) is 0 Å². The Morgan fingerprint density at radius 1 is 1.33 bits per heavy atom. The lowest BCUT2D eigenvalue weighted by Crippen LogP contribution is -2.15. The van der Waals surface area contributed by atoms with Gasteiger partial charge < -0.3 is 5.32 Å². The lowest BCUT2D eigenvalue weighted by atomic mass is 10.1. The highest BCUT2D eigenvalue weighted by atomic mass is 35.5. The molecule has 0 unspecified atom stereocenters. The van der Waals surface area contributed by atoms with E-state index >= 15 is 0 Å². The van der Waals surface area contributed by atoms with E-state index in [2.05, 4.69) is 36.5 Å². The molecule has 0 saturated carbocycles. The molecule has 0 heterocycles. The Bertz CT molecular complexity index is 334. The zero-order valence-electron chi connectivity index (χ0n) is 8.76. The first kappa shape index (κ1) is 12.6. The largest absolute Gasteiger partial charge is 0.308 e.